The van der Waals surface area contributed by atoms with E-state index < -0.39 is 6.03 Å². The zero-order chi connectivity index (χ0) is 19.3. The fraction of sp³-hybridized carbons (Fsp3) is 0.600. The van der Waals surface area contributed by atoms with Crippen molar-refractivity contribution in [2.24, 2.45) is 0 Å². The molecule has 144 valence electrons. The van der Waals surface area contributed by atoms with Gasteiger partial charge in [0.15, 0.2) is 0 Å². The molecule has 1 saturated heterocycles. The van der Waals surface area contributed by atoms with Gasteiger partial charge in [0.1, 0.15) is 0 Å². The Morgan fingerprint density at radius 2 is 1.92 bits per heavy atom. The molecule has 1 aliphatic rings. The molecule has 0 radical (unpaired) electrons. The van der Waals surface area contributed by atoms with Gasteiger partial charge >= 0.3 is 6.03 Å². The number of hydrogen-bond acceptors (Lipinski definition) is 4. The molecule has 0 aliphatic carbocycles. The first-order valence-electron chi connectivity index (χ1n) is 9.27. The summed E-state index contributed by atoms with van der Waals surface area (Å²) in [7, 11) is 2.13. The van der Waals surface area contributed by atoms with E-state index in [0.717, 1.165) is 26.1 Å². The second-order valence-electron chi connectivity index (χ2n) is 8.21. The van der Waals surface area contributed by atoms with E-state index >= 15 is 0 Å². The van der Waals surface area contributed by atoms with Crippen LogP contribution in [0.1, 0.15) is 39.7 Å². The Labute approximate surface area is 156 Å². The molecule has 1 aromatic rings. The van der Waals surface area contributed by atoms with E-state index in [1.165, 1.54) is 5.56 Å². The van der Waals surface area contributed by atoms with Crippen LogP contribution in [0.15, 0.2) is 30.3 Å². The highest BCUT2D eigenvalue weighted by molar-refractivity contribution is 5.97. The Morgan fingerprint density at radius 3 is 2.54 bits per heavy atom. The molecule has 0 aromatic heterocycles. The molecule has 2 rings (SSSR count). The van der Waals surface area contributed by atoms with Crippen LogP contribution in [0.5, 0.6) is 0 Å². The zero-order valence-electron chi connectivity index (χ0n) is 16.6. The lowest BCUT2D eigenvalue weighted by molar-refractivity contribution is -0.124. The highest BCUT2D eigenvalue weighted by Gasteiger charge is 2.32. The third-order valence-corrected chi connectivity index (χ3v) is 4.75. The maximum absolute atomic E-state index is 12.4. The van der Waals surface area contributed by atoms with Gasteiger partial charge in [-0.3, -0.25) is 19.9 Å². The number of carbonyl (C=O) groups is 2. The average Bonchev–Trinajstić information content (AvgIpc) is 3.03. The normalized spacial score (nSPS) is 19.4. The second kappa shape index (κ2) is 8.64. The Morgan fingerprint density at radius 1 is 1.27 bits per heavy atom. The molecule has 0 spiro atoms. The van der Waals surface area contributed by atoms with Crippen LogP contribution < -0.4 is 10.6 Å². The fourth-order valence-corrected chi connectivity index (χ4v) is 3.23. The van der Waals surface area contributed by atoms with Crippen molar-refractivity contribution in [1.29, 1.82) is 0 Å². The average molecular weight is 361 g/mol. The van der Waals surface area contributed by atoms with Crippen LogP contribution in [-0.4, -0.2) is 59.5 Å². The fourth-order valence-electron chi connectivity index (χ4n) is 3.23. The summed E-state index contributed by atoms with van der Waals surface area (Å²) in [6.07, 6.45) is 1.02. The number of amides is 3. The zero-order valence-corrected chi connectivity index (χ0v) is 16.6. The van der Waals surface area contributed by atoms with Gasteiger partial charge in [-0.2, -0.15) is 0 Å². The summed E-state index contributed by atoms with van der Waals surface area (Å²) >= 11 is 0. The van der Waals surface area contributed by atoms with Crippen LogP contribution in [0.25, 0.3) is 0 Å². The highest BCUT2D eigenvalue weighted by atomic mass is 16.2. The molecule has 2 N–H and O–H groups in total. The molecule has 26 heavy (non-hydrogen) atoms. The number of benzene rings is 1. The third kappa shape index (κ3) is 6.11. The maximum atomic E-state index is 12.4. The summed E-state index contributed by atoms with van der Waals surface area (Å²) in [6, 6.07) is 10.0. The first-order valence-corrected chi connectivity index (χ1v) is 9.27. The van der Waals surface area contributed by atoms with Gasteiger partial charge in [-0.1, -0.05) is 30.3 Å². The molecule has 6 heteroatoms. The van der Waals surface area contributed by atoms with E-state index in [1.54, 1.807) is 0 Å². The van der Waals surface area contributed by atoms with Crippen LogP contribution in [0.3, 0.4) is 0 Å². The number of likely N-dealkylation sites (N-methyl/N-ethyl adjacent to an activating group) is 1. The van der Waals surface area contributed by atoms with Gasteiger partial charge in [-0.15, -0.1) is 0 Å². The molecule has 1 fully saturated rings. The SMILES string of the molecule is CC(C(=O)NC(=O)NC(C)(C)C)N1CCC(N(C)Cc2ccccc2)C1. The number of likely N-dealkylation sites (tertiary alicyclic amines) is 1. The Balaban J connectivity index is 1.83. The molecule has 0 bridgehead atoms. The first-order chi connectivity index (χ1) is 12.2. The summed E-state index contributed by atoms with van der Waals surface area (Å²) in [5.74, 6) is -0.252. The predicted octanol–water partition coefficient (Wildman–Crippen LogP) is 2.21. The minimum atomic E-state index is -0.439. The molecule has 6 nitrogen and oxygen atoms in total. The van der Waals surface area contributed by atoms with E-state index in [9.17, 15) is 9.59 Å². The second-order valence-corrected chi connectivity index (χ2v) is 8.21. The molecular formula is C20H32N4O2. The van der Waals surface area contributed by atoms with E-state index in [1.807, 2.05) is 33.8 Å². The lowest BCUT2D eigenvalue weighted by Gasteiger charge is -2.27. The van der Waals surface area contributed by atoms with Crippen LogP contribution in [0.4, 0.5) is 4.79 Å². The summed E-state index contributed by atoms with van der Waals surface area (Å²) in [5, 5.41) is 5.20. The first kappa shape index (κ1) is 20.4. The van der Waals surface area contributed by atoms with E-state index in [4.69, 9.17) is 0 Å². The standard InChI is InChI=1S/C20H32N4O2/c1-15(18(25)21-19(26)22-20(2,3)4)24-12-11-17(14-24)23(5)13-16-9-7-6-8-10-16/h6-10,15,17H,11-14H2,1-5H3,(H2,21,22,25,26). The predicted molar refractivity (Wildman–Crippen MR) is 104 cm³/mol. The van der Waals surface area contributed by atoms with Crippen LogP contribution in [0, 0.1) is 0 Å². The molecule has 0 saturated carbocycles. The molecular weight excluding hydrogens is 328 g/mol. The molecule has 1 aromatic carbocycles. The summed E-state index contributed by atoms with van der Waals surface area (Å²) in [6.45, 7) is 10.1. The van der Waals surface area contributed by atoms with Gasteiger partial charge < -0.3 is 5.32 Å². The molecule has 3 amide bonds. The van der Waals surface area contributed by atoms with E-state index in [-0.39, 0.29) is 17.5 Å². The lowest BCUT2D eigenvalue weighted by Crippen LogP contribution is -2.53. The number of carbonyl (C=O) groups excluding carboxylic acids is 2. The summed E-state index contributed by atoms with van der Waals surface area (Å²) < 4.78 is 0. The van der Waals surface area contributed by atoms with Gasteiger partial charge in [0.2, 0.25) is 5.91 Å². The molecule has 2 unspecified atom stereocenters. The number of nitrogens with one attached hydrogen (secondary N) is 2. The smallest absolute Gasteiger partial charge is 0.321 e. The van der Waals surface area contributed by atoms with Crippen LogP contribution in [-0.2, 0) is 11.3 Å². The van der Waals surface area contributed by atoms with Gasteiger partial charge in [0.25, 0.3) is 0 Å². The van der Waals surface area contributed by atoms with Crippen LogP contribution >= 0.6 is 0 Å². The monoisotopic (exact) mass is 360 g/mol. The number of nitrogens with zero attached hydrogens (tertiary/aromatic N) is 2. The number of hydrogen-bond donors (Lipinski definition) is 2. The van der Waals surface area contributed by atoms with Gasteiger partial charge in [-0.05, 0) is 46.7 Å². The molecule has 1 aliphatic heterocycles. The van der Waals surface area contributed by atoms with Gasteiger partial charge in [0.05, 0.1) is 6.04 Å². The molecule has 1 heterocycles. The van der Waals surface area contributed by atoms with Crippen molar-refractivity contribution in [2.45, 2.75) is 58.3 Å². The van der Waals surface area contributed by atoms with Crippen molar-refractivity contribution in [1.82, 2.24) is 20.4 Å². The van der Waals surface area contributed by atoms with Crippen molar-refractivity contribution >= 4 is 11.9 Å². The minimum Gasteiger partial charge on any atom is -0.333 e. The van der Waals surface area contributed by atoms with Crippen molar-refractivity contribution in [2.75, 3.05) is 20.1 Å². The Kier molecular flexibility index (Phi) is 6.78. The van der Waals surface area contributed by atoms with Crippen molar-refractivity contribution in [3.63, 3.8) is 0 Å². The largest absolute Gasteiger partial charge is 0.333 e. The maximum Gasteiger partial charge on any atom is 0.321 e. The topological polar surface area (TPSA) is 64.7 Å². The number of urea groups is 1. The van der Waals surface area contributed by atoms with Crippen molar-refractivity contribution < 1.29 is 9.59 Å². The van der Waals surface area contributed by atoms with Crippen molar-refractivity contribution in [3.8, 4) is 0 Å². The van der Waals surface area contributed by atoms with Crippen molar-refractivity contribution in [3.05, 3.63) is 35.9 Å². The Bertz CT molecular complexity index is 612. The number of imide groups is 1. The lowest BCUT2D eigenvalue weighted by atomic mass is 10.1. The van der Waals surface area contributed by atoms with E-state index in [2.05, 4.69) is 51.7 Å². The van der Waals surface area contributed by atoms with E-state index in [0.29, 0.717) is 6.04 Å². The number of rotatable bonds is 5. The molecule has 2 atom stereocenters. The third-order valence-electron chi connectivity index (χ3n) is 4.75. The quantitative estimate of drug-likeness (QED) is 0.845. The minimum absolute atomic E-state index is 0.252. The Hall–Kier alpha value is -1.92. The van der Waals surface area contributed by atoms with Crippen LogP contribution in [0.2, 0.25) is 0 Å². The van der Waals surface area contributed by atoms with Gasteiger partial charge in [0, 0.05) is 31.2 Å². The van der Waals surface area contributed by atoms with Gasteiger partial charge in [-0.25, -0.2) is 4.79 Å². The highest BCUT2D eigenvalue weighted by Crippen LogP contribution is 2.19. The summed E-state index contributed by atoms with van der Waals surface area (Å²) in [5.41, 5.74) is 0.921. The summed E-state index contributed by atoms with van der Waals surface area (Å²) in [4.78, 5) is 28.7.